The number of ether oxygens (including phenoxy) is 1. The van der Waals surface area contributed by atoms with Crippen LogP contribution in [0.2, 0.25) is 0 Å². The quantitative estimate of drug-likeness (QED) is 0.563. The molecule has 0 saturated carbocycles. The number of aromatic amines is 1. The average Bonchev–Trinajstić information content (AvgIpc) is 2.50. The van der Waals surface area contributed by atoms with Crippen LogP contribution in [0.4, 0.5) is 0 Å². The van der Waals surface area contributed by atoms with Gasteiger partial charge in [-0.1, -0.05) is 12.2 Å². The number of allylic oxidation sites excluding steroid dienone is 1. The van der Waals surface area contributed by atoms with Gasteiger partial charge in [-0.25, -0.2) is 4.79 Å². The predicted octanol–water partition coefficient (Wildman–Crippen LogP) is 1.31. The Bertz CT molecular complexity index is 328. The number of hydrogen-bond acceptors (Lipinski definition) is 3. The average molecular weight is 180 g/mol. The minimum atomic E-state index is -0.370. The molecule has 1 rings (SSSR count). The third kappa shape index (κ3) is 2.18. The molecule has 0 bridgehead atoms. The molecule has 0 atom stereocenters. The molecule has 1 N–H and O–H groups in total. The minimum absolute atomic E-state index is 0.370. The van der Waals surface area contributed by atoms with E-state index < -0.39 is 0 Å². The smallest absolute Gasteiger partial charge is 0.341 e. The van der Waals surface area contributed by atoms with Crippen LogP contribution in [-0.4, -0.2) is 23.3 Å². The Kier molecular flexibility index (Phi) is 2.84. The Morgan fingerprint density at radius 3 is 3.00 bits per heavy atom. The monoisotopic (exact) mass is 180 g/mol. The number of H-pyrrole nitrogens is 1. The summed E-state index contributed by atoms with van der Waals surface area (Å²) in [6.45, 7) is 5.65. The molecule has 0 fully saturated rings. The lowest BCUT2D eigenvalue weighted by molar-refractivity contribution is 0.0600. The highest BCUT2D eigenvalue weighted by atomic mass is 16.5. The highest BCUT2D eigenvalue weighted by Gasteiger charge is 2.13. The summed E-state index contributed by atoms with van der Waals surface area (Å²) in [4.78, 5) is 11.2. The van der Waals surface area contributed by atoms with E-state index in [1.807, 2.05) is 6.92 Å². The first kappa shape index (κ1) is 9.51. The molecule has 4 nitrogen and oxygen atoms in total. The Labute approximate surface area is 76.6 Å². The van der Waals surface area contributed by atoms with Gasteiger partial charge in [-0.05, 0) is 6.92 Å². The fraction of sp³-hybridized carbons (Fsp3) is 0.333. The van der Waals surface area contributed by atoms with Crippen molar-refractivity contribution in [3.05, 3.63) is 29.6 Å². The Morgan fingerprint density at radius 1 is 1.77 bits per heavy atom. The van der Waals surface area contributed by atoms with Gasteiger partial charge in [0.15, 0.2) is 0 Å². The second-order valence-electron chi connectivity index (χ2n) is 2.89. The van der Waals surface area contributed by atoms with Crippen molar-refractivity contribution in [2.45, 2.75) is 13.3 Å². The molecule has 0 radical (unpaired) electrons. The topological polar surface area (TPSA) is 55.0 Å². The largest absolute Gasteiger partial charge is 0.465 e. The number of carbonyl (C=O) groups excluding carboxylic acids is 1. The lowest BCUT2D eigenvalue weighted by Gasteiger charge is -1.99. The van der Waals surface area contributed by atoms with Gasteiger partial charge in [-0.2, -0.15) is 5.10 Å². The molecule has 70 valence electrons. The van der Waals surface area contributed by atoms with Crippen molar-refractivity contribution in [2.75, 3.05) is 7.11 Å². The second-order valence-corrected chi connectivity index (χ2v) is 2.89. The summed E-state index contributed by atoms with van der Waals surface area (Å²) in [5.74, 6) is -0.370. The van der Waals surface area contributed by atoms with Gasteiger partial charge in [0.25, 0.3) is 0 Å². The van der Waals surface area contributed by atoms with Crippen LogP contribution in [0.15, 0.2) is 18.3 Å². The van der Waals surface area contributed by atoms with Gasteiger partial charge in [0.1, 0.15) is 5.56 Å². The van der Waals surface area contributed by atoms with E-state index >= 15 is 0 Å². The summed E-state index contributed by atoms with van der Waals surface area (Å²) < 4.78 is 4.59. The molecule has 0 aromatic carbocycles. The van der Waals surface area contributed by atoms with Gasteiger partial charge in [0.05, 0.1) is 19.0 Å². The SMILES string of the molecule is C=C(C)Cc1[nH]ncc1C(=O)OC. The van der Waals surface area contributed by atoms with Gasteiger partial charge < -0.3 is 4.74 Å². The van der Waals surface area contributed by atoms with Gasteiger partial charge in [-0.3, -0.25) is 5.10 Å². The summed E-state index contributed by atoms with van der Waals surface area (Å²) in [7, 11) is 1.35. The summed E-state index contributed by atoms with van der Waals surface area (Å²) >= 11 is 0. The van der Waals surface area contributed by atoms with Crippen molar-refractivity contribution in [1.82, 2.24) is 10.2 Å². The molecule has 0 unspecified atom stereocenters. The van der Waals surface area contributed by atoms with Crippen LogP contribution in [0.1, 0.15) is 23.0 Å². The number of nitrogens with one attached hydrogen (secondary N) is 1. The van der Waals surface area contributed by atoms with Crippen molar-refractivity contribution in [3.8, 4) is 0 Å². The molecule has 4 heteroatoms. The second kappa shape index (κ2) is 3.89. The fourth-order valence-corrected chi connectivity index (χ4v) is 1.04. The minimum Gasteiger partial charge on any atom is -0.465 e. The van der Waals surface area contributed by atoms with Gasteiger partial charge in [0, 0.05) is 6.42 Å². The van der Waals surface area contributed by atoms with Crippen LogP contribution in [0.25, 0.3) is 0 Å². The van der Waals surface area contributed by atoms with Crippen LogP contribution < -0.4 is 0 Å². The van der Waals surface area contributed by atoms with Crippen molar-refractivity contribution in [1.29, 1.82) is 0 Å². The van der Waals surface area contributed by atoms with Crippen LogP contribution in [0.3, 0.4) is 0 Å². The predicted molar refractivity (Wildman–Crippen MR) is 48.4 cm³/mol. The van der Waals surface area contributed by atoms with Gasteiger partial charge in [0.2, 0.25) is 0 Å². The Balaban J connectivity index is 2.89. The maximum absolute atomic E-state index is 11.2. The number of rotatable bonds is 3. The number of aromatic nitrogens is 2. The van der Waals surface area contributed by atoms with E-state index in [4.69, 9.17) is 0 Å². The van der Waals surface area contributed by atoms with Crippen LogP contribution >= 0.6 is 0 Å². The first-order valence-electron chi connectivity index (χ1n) is 3.90. The zero-order valence-electron chi connectivity index (χ0n) is 7.76. The van der Waals surface area contributed by atoms with Gasteiger partial charge in [-0.15, -0.1) is 0 Å². The van der Waals surface area contributed by atoms with Crippen LogP contribution in [0, 0.1) is 0 Å². The fourth-order valence-electron chi connectivity index (χ4n) is 1.04. The standard InChI is InChI=1S/C9H12N2O2/c1-6(2)4-8-7(5-10-11-8)9(12)13-3/h5H,1,4H2,2-3H3,(H,10,11). The van der Waals surface area contributed by atoms with E-state index in [1.165, 1.54) is 13.3 Å². The third-order valence-electron chi connectivity index (χ3n) is 1.60. The van der Waals surface area contributed by atoms with E-state index in [0.717, 1.165) is 11.3 Å². The zero-order valence-corrected chi connectivity index (χ0v) is 7.76. The molecular formula is C9H12N2O2. The molecule has 1 aromatic heterocycles. The number of hydrogen-bond donors (Lipinski definition) is 1. The van der Waals surface area contributed by atoms with E-state index in [-0.39, 0.29) is 5.97 Å². The maximum atomic E-state index is 11.2. The van der Waals surface area contributed by atoms with Gasteiger partial charge >= 0.3 is 5.97 Å². The lowest BCUT2D eigenvalue weighted by atomic mass is 10.1. The van der Waals surface area contributed by atoms with Crippen LogP contribution in [-0.2, 0) is 11.2 Å². The van der Waals surface area contributed by atoms with Crippen molar-refractivity contribution >= 4 is 5.97 Å². The highest BCUT2D eigenvalue weighted by molar-refractivity contribution is 5.90. The van der Waals surface area contributed by atoms with Crippen LogP contribution in [0.5, 0.6) is 0 Å². The normalized spacial score (nSPS) is 9.69. The zero-order chi connectivity index (χ0) is 9.84. The Hall–Kier alpha value is -1.58. The molecule has 1 heterocycles. The number of esters is 1. The molecule has 1 aromatic rings. The lowest BCUT2D eigenvalue weighted by Crippen LogP contribution is -2.03. The number of methoxy groups -OCH3 is 1. The summed E-state index contributed by atoms with van der Waals surface area (Å²) in [5.41, 5.74) is 2.19. The summed E-state index contributed by atoms with van der Waals surface area (Å²) in [6, 6.07) is 0. The molecule has 0 saturated heterocycles. The summed E-state index contributed by atoms with van der Waals surface area (Å²) in [5, 5.41) is 6.52. The number of carbonyl (C=O) groups is 1. The molecule has 0 amide bonds. The van der Waals surface area contributed by atoms with Crippen molar-refractivity contribution in [3.63, 3.8) is 0 Å². The molecule has 0 spiro atoms. The van der Waals surface area contributed by atoms with E-state index in [0.29, 0.717) is 12.0 Å². The first-order chi connectivity index (χ1) is 6.15. The van der Waals surface area contributed by atoms with E-state index in [9.17, 15) is 4.79 Å². The van der Waals surface area contributed by atoms with E-state index in [2.05, 4.69) is 21.5 Å². The summed E-state index contributed by atoms with van der Waals surface area (Å²) in [6.07, 6.45) is 2.08. The van der Waals surface area contributed by atoms with Crippen molar-refractivity contribution in [2.24, 2.45) is 0 Å². The molecular weight excluding hydrogens is 168 g/mol. The molecule has 0 aliphatic rings. The van der Waals surface area contributed by atoms with E-state index in [1.54, 1.807) is 0 Å². The molecule has 13 heavy (non-hydrogen) atoms. The number of nitrogens with zero attached hydrogens (tertiary/aromatic N) is 1. The van der Waals surface area contributed by atoms with Crippen molar-refractivity contribution < 1.29 is 9.53 Å². The first-order valence-corrected chi connectivity index (χ1v) is 3.90. The highest BCUT2D eigenvalue weighted by Crippen LogP contribution is 2.10. The molecule has 0 aliphatic carbocycles. The maximum Gasteiger partial charge on any atom is 0.341 e. The Morgan fingerprint density at radius 2 is 2.46 bits per heavy atom. The third-order valence-corrected chi connectivity index (χ3v) is 1.60. The molecule has 0 aliphatic heterocycles.